The Hall–Kier alpha value is -1.17. The Bertz CT molecular complexity index is 553. The SMILES string of the molecule is COc1cc(CN2CC[C@]3(OC)CC[C@H](OC)C[C@H]23)ccc1F. The number of hydrogen-bond donors (Lipinski definition) is 0. The summed E-state index contributed by atoms with van der Waals surface area (Å²) >= 11 is 0. The first-order valence-corrected chi connectivity index (χ1v) is 8.26. The van der Waals surface area contributed by atoms with Gasteiger partial charge in [-0.3, -0.25) is 4.90 Å². The van der Waals surface area contributed by atoms with Gasteiger partial charge in [-0.1, -0.05) is 6.07 Å². The molecule has 1 aromatic carbocycles. The van der Waals surface area contributed by atoms with E-state index in [2.05, 4.69) is 4.90 Å². The Labute approximate surface area is 137 Å². The third kappa shape index (κ3) is 3.10. The van der Waals surface area contributed by atoms with Crippen molar-refractivity contribution >= 4 is 0 Å². The molecule has 1 heterocycles. The van der Waals surface area contributed by atoms with Gasteiger partial charge in [-0.15, -0.1) is 0 Å². The van der Waals surface area contributed by atoms with Crippen molar-refractivity contribution in [2.45, 2.75) is 50.0 Å². The van der Waals surface area contributed by atoms with Gasteiger partial charge in [0.25, 0.3) is 0 Å². The molecule has 0 radical (unpaired) electrons. The van der Waals surface area contributed by atoms with E-state index < -0.39 is 0 Å². The minimum atomic E-state index is -0.318. The Kier molecular flexibility index (Phi) is 4.90. The Morgan fingerprint density at radius 1 is 1.26 bits per heavy atom. The van der Waals surface area contributed by atoms with Gasteiger partial charge in [0.15, 0.2) is 11.6 Å². The predicted octanol–water partition coefficient (Wildman–Crippen LogP) is 2.99. The number of nitrogens with zero attached hydrogens (tertiary/aromatic N) is 1. The van der Waals surface area contributed by atoms with Gasteiger partial charge in [0.05, 0.1) is 18.8 Å². The number of likely N-dealkylation sites (tertiary alicyclic amines) is 1. The van der Waals surface area contributed by atoms with E-state index in [9.17, 15) is 4.39 Å². The van der Waals surface area contributed by atoms with Crippen LogP contribution in [0.4, 0.5) is 4.39 Å². The highest BCUT2D eigenvalue weighted by Crippen LogP contribution is 2.43. The first kappa shape index (κ1) is 16.7. The Balaban J connectivity index is 1.77. The second kappa shape index (κ2) is 6.75. The molecule has 5 heteroatoms. The van der Waals surface area contributed by atoms with Crippen LogP contribution in [-0.4, -0.2) is 50.5 Å². The number of halogens is 1. The van der Waals surface area contributed by atoms with Crippen LogP contribution < -0.4 is 4.74 Å². The Morgan fingerprint density at radius 3 is 2.78 bits per heavy atom. The number of fused-ring (bicyclic) bond motifs is 1. The van der Waals surface area contributed by atoms with Gasteiger partial charge >= 0.3 is 0 Å². The van der Waals surface area contributed by atoms with Crippen LogP contribution in [0.1, 0.15) is 31.2 Å². The summed E-state index contributed by atoms with van der Waals surface area (Å²) in [5.74, 6) is -0.0147. The van der Waals surface area contributed by atoms with Crippen molar-refractivity contribution in [2.24, 2.45) is 0 Å². The Morgan fingerprint density at radius 2 is 2.09 bits per heavy atom. The highest BCUT2D eigenvalue weighted by molar-refractivity contribution is 5.30. The highest BCUT2D eigenvalue weighted by Gasteiger charge is 2.50. The molecule has 0 spiro atoms. The van der Waals surface area contributed by atoms with Crippen LogP contribution >= 0.6 is 0 Å². The molecule has 1 saturated heterocycles. The summed E-state index contributed by atoms with van der Waals surface area (Å²) < 4.78 is 30.2. The van der Waals surface area contributed by atoms with E-state index in [4.69, 9.17) is 14.2 Å². The molecule has 3 rings (SSSR count). The van der Waals surface area contributed by atoms with Crippen LogP contribution in [0.3, 0.4) is 0 Å². The summed E-state index contributed by atoms with van der Waals surface area (Å²) in [7, 11) is 5.11. The second-order valence-corrected chi connectivity index (χ2v) is 6.61. The number of rotatable bonds is 5. The van der Waals surface area contributed by atoms with Crippen molar-refractivity contribution in [1.82, 2.24) is 4.90 Å². The van der Waals surface area contributed by atoms with Crippen LogP contribution in [-0.2, 0) is 16.0 Å². The van der Waals surface area contributed by atoms with Crippen LogP contribution in [0.2, 0.25) is 0 Å². The molecule has 23 heavy (non-hydrogen) atoms. The van der Waals surface area contributed by atoms with E-state index in [1.54, 1.807) is 13.2 Å². The van der Waals surface area contributed by atoms with Crippen LogP contribution in [0.5, 0.6) is 5.75 Å². The highest BCUT2D eigenvalue weighted by atomic mass is 19.1. The third-order valence-electron chi connectivity index (χ3n) is 5.59. The molecule has 0 amide bonds. The first-order chi connectivity index (χ1) is 11.1. The van der Waals surface area contributed by atoms with Crippen LogP contribution in [0.15, 0.2) is 18.2 Å². The molecule has 2 fully saturated rings. The van der Waals surface area contributed by atoms with Gasteiger partial charge in [-0.25, -0.2) is 4.39 Å². The number of hydrogen-bond acceptors (Lipinski definition) is 4. The van der Waals surface area contributed by atoms with E-state index >= 15 is 0 Å². The van der Waals surface area contributed by atoms with Crippen molar-refractivity contribution in [3.63, 3.8) is 0 Å². The summed E-state index contributed by atoms with van der Waals surface area (Å²) in [5.41, 5.74) is 1.01. The first-order valence-electron chi connectivity index (χ1n) is 8.26. The normalized spacial score (nSPS) is 31.1. The molecule has 128 valence electrons. The molecule has 0 bridgehead atoms. The molecule has 2 aliphatic rings. The van der Waals surface area contributed by atoms with Gasteiger partial charge in [0.2, 0.25) is 0 Å². The fourth-order valence-electron chi connectivity index (χ4n) is 4.20. The fourth-order valence-corrected chi connectivity index (χ4v) is 4.20. The number of methoxy groups -OCH3 is 3. The maximum Gasteiger partial charge on any atom is 0.165 e. The van der Waals surface area contributed by atoms with Gasteiger partial charge in [0, 0.05) is 33.4 Å². The average Bonchev–Trinajstić information content (AvgIpc) is 2.94. The maximum absolute atomic E-state index is 13.6. The van der Waals surface area contributed by atoms with Crippen molar-refractivity contribution in [3.05, 3.63) is 29.6 Å². The zero-order valence-electron chi connectivity index (χ0n) is 14.2. The van der Waals surface area contributed by atoms with Crippen LogP contribution in [0, 0.1) is 5.82 Å². The summed E-state index contributed by atoms with van der Waals surface area (Å²) in [5, 5.41) is 0. The van der Waals surface area contributed by atoms with Gasteiger partial charge in [-0.2, -0.15) is 0 Å². The molecule has 1 saturated carbocycles. The van der Waals surface area contributed by atoms with E-state index in [0.717, 1.165) is 44.3 Å². The van der Waals surface area contributed by atoms with Gasteiger partial charge < -0.3 is 14.2 Å². The van der Waals surface area contributed by atoms with Crippen molar-refractivity contribution in [1.29, 1.82) is 0 Å². The van der Waals surface area contributed by atoms with Gasteiger partial charge in [-0.05, 0) is 43.4 Å². The fraction of sp³-hybridized carbons (Fsp3) is 0.667. The zero-order valence-corrected chi connectivity index (χ0v) is 14.2. The zero-order chi connectivity index (χ0) is 16.4. The lowest BCUT2D eigenvalue weighted by Crippen LogP contribution is -2.51. The molecule has 4 nitrogen and oxygen atoms in total. The minimum Gasteiger partial charge on any atom is -0.494 e. The number of ether oxygens (including phenoxy) is 3. The third-order valence-corrected chi connectivity index (χ3v) is 5.59. The van der Waals surface area contributed by atoms with E-state index in [0.29, 0.717) is 17.9 Å². The van der Waals surface area contributed by atoms with E-state index in [1.807, 2.05) is 13.2 Å². The average molecular weight is 323 g/mol. The molecule has 1 aliphatic heterocycles. The molecule has 0 aromatic heterocycles. The maximum atomic E-state index is 13.6. The summed E-state index contributed by atoms with van der Waals surface area (Å²) in [4.78, 5) is 2.45. The summed E-state index contributed by atoms with van der Waals surface area (Å²) in [6.07, 6.45) is 4.42. The van der Waals surface area contributed by atoms with E-state index in [-0.39, 0.29) is 11.4 Å². The van der Waals surface area contributed by atoms with Crippen molar-refractivity contribution in [2.75, 3.05) is 27.9 Å². The van der Waals surface area contributed by atoms with Crippen molar-refractivity contribution in [3.8, 4) is 5.75 Å². The lowest BCUT2D eigenvalue weighted by Gasteiger charge is -2.43. The lowest BCUT2D eigenvalue weighted by atomic mass is 9.79. The smallest absolute Gasteiger partial charge is 0.165 e. The molecule has 1 aromatic rings. The lowest BCUT2D eigenvalue weighted by molar-refractivity contribution is -0.0947. The molecule has 1 aliphatic carbocycles. The second-order valence-electron chi connectivity index (χ2n) is 6.61. The minimum absolute atomic E-state index is 0.0564. The molecular formula is C18H26FNO3. The van der Waals surface area contributed by atoms with Gasteiger partial charge in [0.1, 0.15) is 0 Å². The predicted molar refractivity (Wildman–Crippen MR) is 86.2 cm³/mol. The van der Waals surface area contributed by atoms with Crippen LogP contribution in [0.25, 0.3) is 0 Å². The molecular weight excluding hydrogens is 297 g/mol. The summed E-state index contributed by atoms with van der Waals surface area (Å²) in [6.45, 7) is 1.78. The largest absolute Gasteiger partial charge is 0.494 e. The summed E-state index contributed by atoms with van der Waals surface area (Å²) in [6, 6.07) is 5.45. The standard InChI is InChI=1S/C18H26FNO3/c1-21-14-6-7-18(23-3)8-9-20(17(18)11-14)12-13-4-5-15(19)16(10-13)22-2/h4-5,10,14,17H,6-9,11-12H2,1-3H3/t14-,17-,18+/m0/s1. The number of benzene rings is 1. The quantitative estimate of drug-likeness (QED) is 0.833. The molecule has 3 atom stereocenters. The molecule has 0 N–H and O–H groups in total. The topological polar surface area (TPSA) is 30.9 Å². The molecule has 0 unspecified atom stereocenters. The monoisotopic (exact) mass is 323 g/mol. The van der Waals surface area contributed by atoms with Crippen molar-refractivity contribution < 1.29 is 18.6 Å². The van der Waals surface area contributed by atoms with E-state index in [1.165, 1.54) is 13.2 Å².